The minimum absolute atomic E-state index is 0.0302. The highest BCUT2D eigenvalue weighted by Gasteiger charge is 2.40. The molecule has 0 unspecified atom stereocenters. The summed E-state index contributed by atoms with van der Waals surface area (Å²) in [6.07, 6.45) is 0.0302. The number of benzene rings is 3. The number of ether oxygens (including phenoxy) is 2. The molecule has 2 amide bonds. The number of para-hydroxylation sites is 2. The van der Waals surface area contributed by atoms with Crippen molar-refractivity contribution in [3.05, 3.63) is 89.1 Å². The molecule has 1 aliphatic rings. The number of hydrogen-bond donors (Lipinski definition) is 1. The Kier molecular flexibility index (Phi) is 6.41. The Morgan fingerprint density at radius 2 is 1.50 bits per heavy atom. The second-order valence-corrected chi connectivity index (χ2v) is 8.56. The lowest BCUT2D eigenvalue weighted by Crippen LogP contribution is -2.32. The van der Waals surface area contributed by atoms with Crippen LogP contribution in [0.15, 0.2) is 72.4 Å². The fraction of sp³-hybridized carbons (Fsp3) is 0.214. The van der Waals surface area contributed by atoms with E-state index >= 15 is 0 Å². The minimum Gasteiger partial charge on any atom is -0.495 e. The van der Waals surface area contributed by atoms with Crippen molar-refractivity contribution < 1.29 is 19.1 Å². The highest BCUT2D eigenvalue weighted by Crippen LogP contribution is 2.36. The van der Waals surface area contributed by atoms with Crippen molar-refractivity contribution in [2.45, 2.75) is 33.8 Å². The lowest BCUT2D eigenvalue weighted by molar-refractivity contribution is -0.120. The first-order chi connectivity index (χ1) is 16.3. The van der Waals surface area contributed by atoms with Crippen molar-refractivity contribution in [3.8, 4) is 11.5 Å². The molecule has 4 rings (SSSR count). The van der Waals surface area contributed by atoms with Gasteiger partial charge in [0.05, 0.1) is 30.2 Å². The van der Waals surface area contributed by atoms with Gasteiger partial charge in [-0.1, -0.05) is 30.3 Å². The summed E-state index contributed by atoms with van der Waals surface area (Å²) in [6, 6.07) is 20.2. The lowest BCUT2D eigenvalue weighted by atomic mass is 10.0. The van der Waals surface area contributed by atoms with E-state index in [2.05, 4.69) is 5.32 Å². The maximum Gasteiger partial charge on any atom is 0.282 e. The van der Waals surface area contributed by atoms with Gasteiger partial charge in [0, 0.05) is 0 Å². The first-order valence-corrected chi connectivity index (χ1v) is 11.2. The summed E-state index contributed by atoms with van der Waals surface area (Å²) in [4.78, 5) is 28.6. The first-order valence-electron chi connectivity index (χ1n) is 11.2. The zero-order valence-electron chi connectivity index (χ0n) is 20.0. The largest absolute Gasteiger partial charge is 0.495 e. The van der Waals surface area contributed by atoms with Crippen LogP contribution in [0.5, 0.6) is 11.5 Å². The number of rotatable bonds is 7. The van der Waals surface area contributed by atoms with Gasteiger partial charge in [0.1, 0.15) is 17.2 Å². The predicted octanol–water partition coefficient (Wildman–Crippen LogP) is 5.50. The van der Waals surface area contributed by atoms with Crippen LogP contribution in [-0.2, 0) is 9.59 Å². The molecule has 1 N–H and O–H groups in total. The molecule has 0 saturated carbocycles. The predicted molar refractivity (Wildman–Crippen MR) is 134 cm³/mol. The van der Waals surface area contributed by atoms with E-state index in [0.29, 0.717) is 34.0 Å². The van der Waals surface area contributed by atoms with Gasteiger partial charge in [-0.3, -0.25) is 9.59 Å². The monoisotopic (exact) mass is 456 g/mol. The van der Waals surface area contributed by atoms with Crippen LogP contribution in [0.25, 0.3) is 5.57 Å². The van der Waals surface area contributed by atoms with Gasteiger partial charge in [-0.2, -0.15) is 0 Å². The maximum absolute atomic E-state index is 13.7. The summed E-state index contributed by atoms with van der Waals surface area (Å²) in [5, 5.41) is 3.18. The molecular formula is C28H28N2O4. The van der Waals surface area contributed by atoms with E-state index in [0.717, 1.165) is 11.1 Å². The third-order valence-corrected chi connectivity index (χ3v) is 5.43. The SMILES string of the molecule is COc1ccccc1NC1=C(c2ccc(OC(C)C)cc2)C(=O)N(c2cc(C)cc(C)c2)C1=O. The molecule has 0 radical (unpaired) electrons. The van der Waals surface area contributed by atoms with Gasteiger partial charge in [-0.25, -0.2) is 4.90 Å². The van der Waals surface area contributed by atoms with E-state index in [1.54, 1.807) is 43.5 Å². The van der Waals surface area contributed by atoms with Gasteiger partial charge in [0.25, 0.3) is 11.8 Å². The van der Waals surface area contributed by atoms with E-state index in [9.17, 15) is 9.59 Å². The van der Waals surface area contributed by atoms with Crippen LogP contribution < -0.4 is 19.7 Å². The minimum atomic E-state index is -0.418. The smallest absolute Gasteiger partial charge is 0.282 e. The molecule has 0 atom stereocenters. The zero-order chi connectivity index (χ0) is 24.4. The summed E-state index contributed by atoms with van der Waals surface area (Å²) in [7, 11) is 1.56. The van der Waals surface area contributed by atoms with Gasteiger partial charge in [0.15, 0.2) is 0 Å². The molecule has 0 bridgehead atoms. The number of imide groups is 1. The number of nitrogens with one attached hydrogen (secondary N) is 1. The molecule has 0 aliphatic carbocycles. The Balaban J connectivity index is 1.82. The summed E-state index contributed by atoms with van der Waals surface area (Å²) in [5.41, 5.74) is 4.20. The van der Waals surface area contributed by atoms with Crippen LogP contribution in [0.2, 0.25) is 0 Å². The molecule has 1 heterocycles. The Hall–Kier alpha value is -4.06. The number of amides is 2. The lowest BCUT2D eigenvalue weighted by Gasteiger charge is -2.17. The molecule has 6 nitrogen and oxygen atoms in total. The van der Waals surface area contributed by atoms with Gasteiger partial charge < -0.3 is 14.8 Å². The van der Waals surface area contributed by atoms with Gasteiger partial charge in [-0.15, -0.1) is 0 Å². The molecule has 6 heteroatoms. The van der Waals surface area contributed by atoms with Crippen molar-refractivity contribution in [1.82, 2.24) is 0 Å². The third-order valence-electron chi connectivity index (χ3n) is 5.43. The van der Waals surface area contributed by atoms with Crippen molar-refractivity contribution in [3.63, 3.8) is 0 Å². The molecule has 34 heavy (non-hydrogen) atoms. The number of carbonyl (C=O) groups excluding carboxylic acids is 2. The second-order valence-electron chi connectivity index (χ2n) is 8.56. The molecular weight excluding hydrogens is 428 g/mol. The Bertz CT molecular complexity index is 1260. The number of aryl methyl sites for hydroxylation is 2. The molecule has 174 valence electrons. The van der Waals surface area contributed by atoms with Crippen LogP contribution in [0, 0.1) is 13.8 Å². The molecule has 0 fully saturated rings. The third kappa shape index (κ3) is 4.53. The number of methoxy groups -OCH3 is 1. The summed E-state index contributed by atoms with van der Waals surface area (Å²) in [6.45, 7) is 7.79. The van der Waals surface area contributed by atoms with E-state index in [4.69, 9.17) is 9.47 Å². The Morgan fingerprint density at radius 3 is 2.12 bits per heavy atom. The molecule has 3 aromatic carbocycles. The fourth-order valence-electron chi connectivity index (χ4n) is 4.08. The average molecular weight is 457 g/mol. The van der Waals surface area contributed by atoms with Crippen LogP contribution in [0.3, 0.4) is 0 Å². The normalized spacial score (nSPS) is 13.6. The van der Waals surface area contributed by atoms with Crippen LogP contribution >= 0.6 is 0 Å². The van der Waals surface area contributed by atoms with Gasteiger partial charge in [0.2, 0.25) is 0 Å². The number of carbonyl (C=O) groups is 2. The summed E-state index contributed by atoms with van der Waals surface area (Å²) >= 11 is 0. The van der Waals surface area contributed by atoms with Crippen molar-refractivity contribution in [2.75, 3.05) is 17.3 Å². The van der Waals surface area contributed by atoms with Gasteiger partial charge >= 0.3 is 0 Å². The molecule has 0 spiro atoms. The van der Waals surface area contributed by atoms with Crippen molar-refractivity contribution in [2.24, 2.45) is 0 Å². The molecule has 0 aromatic heterocycles. The first kappa shape index (κ1) is 23.1. The quantitative estimate of drug-likeness (QED) is 0.476. The average Bonchev–Trinajstić information content (AvgIpc) is 3.03. The molecule has 0 saturated heterocycles. The second kappa shape index (κ2) is 9.43. The number of anilines is 2. The molecule has 1 aliphatic heterocycles. The van der Waals surface area contributed by atoms with Crippen LogP contribution in [0.1, 0.15) is 30.5 Å². The van der Waals surface area contributed by atoms with E-state index in [1.807, 2.05) is 58.0 Å². The van der Waals surface area contributed by atoms with E-state index < -0.39 is 5.91 Å². The van der Waals surface area contributed by atoms with E-state index in [1.165, 1.54) is 4.90 Å². The summed E-state index contributed by atoms with van der Waals surface area (Å²) < 4.78 is 11.2. The highest BCUT2D eigenvalue weighted by molar-refractivity contribution is 6.46. The van der Waals surface area contributed by atoms with Gasteiger partial charge in [-0.05, 0) is 80.8 Å². The van der Waals surface area contributed by atoms with E-state index in [-0.39, 0.29) is 17.7 Å². The Labute approximate surface area is 199 Å². The topological polar surface area (TPSA) is 67.9 Å². The standard InChI is InChI=1S/C28H28N2O4/c1-17(2)34-22-12-10-20(11-13-22)25-26(29-23-8-6-7-9-24(23)33-5)28(32)30(27(25)31)21-15-18(3)14-19(4)16-21/h6-17,29H,1-5H3. The number of nitrogens with zero attached hydrogens (tertiary/aromatic N) is 1. The van der Waals surface area contributed by atoms with Crippen LogP contribution in [-0.4, -0.2) is 25.0 Å². The highest BCUT2D eigenvalue weighted by atomic mass is 16.5. The van der Waals surface area contributed by atoms with Crippen molar-refractivity contribution >= 4 is 28.8 Å². The Morgan fingerprint density at radius 1 is 0.853 bits per heavy atom. The number of hydrogen-bond acceptors (Lipinski definition) is 5. The summed E-state index contributed by atoms with van der Waals surface area (Å²) in [5.74, 6) is 0.463. The zero-order valence-corrected chi connectivity index (χ0v) is 20.0. The van der Waals surface area contributed by atoms with Crippen LogP contribution in [0.4, 0.5) is 11.4 Å². The fourth-order valence-corrected chi connectivity index (χ4v) is 4.08. The van der Waals surface area contributed by atoms with Crippen molar-refractivity contribution in [1.29, 1.82) is 0 Å². The maximum atomic E-state index is 13.7. The molecule has 3 aromatic rings.